The highest BCUT2D eigenvalue weighted by Gasteiger charge is 2.49. The number of carbonyl (C=O) groups is 2. The molecule has 0 spiro atoms. The molecule has 2 fully saturated rings. The fourth-order valence-corrected chi connectivity index (χ4v) is 4.92. The number of ketones is 1. The second-order valence-electron chi connectivity index (χ2n) is 9.29. The van der Waals surface area contributed by atoms with Gasteiger partial charge in [0, 0.05) is 25.5 Å². The van der Waals surface area contributed by atoms with Gasteiger partial charge in [-0.2, -0.15) is 0 Å². The maximum atomic E-state index is 13.4. The van der Waals surface area contributed by atoms with Crippen LogP contribution in [0.1, 0.15) is 35.7 Å². The van der Waals surface area contributed by atoms with Gasteiger partial charge in [0.25, 0.3) is 11.7 Å². The van der Waals surface area contributed by atoms with Crippen LogP contribution in [0.15, 0.2) is 78.5 Å². The second-order valence-corrected chi connectivity index (χ2v) is 9.29. The fraction of sp³-hybridized carbons (Fsp3) is 0.276. The van der Waals surface area contributed by atoms with Crippen LogP contribution < -0.4 is 9.47 Å². The number of ether oxygens (including phenoxy) is 3. The number of aliphatic hydroxyl groups excluding tert-OH is 1. The predicted octanol–water partition coefficient (Wildman–Crippen LogP) is 5.16. The molecular formula is C29H25F3N2O6. The average Bonchev–Trinajstić information content (AvgIpc) is 3.22. The number of hydrogen-bond acceptors (Lipinski definition) is 7. The summed E-state index contributed by atoms with van der Waals surface area (Å²) in [6.07, 6.45) is -2.56. The lowest BCUT2D eigenvalue weighted by molar-refractivity contribution is -0.274. The molecule has 8 nitrogen and oxygen atoms in total. The summed E-state index contributed by atoms with van der Waals surface area (Å²) in [5.74, 6) is -2.56. The van der Waals surface area contributed by atoms with E-state index in [4.69, 9.17) is 9.47 Å². The van der Waals surface area contributed by atoms with Gasteiger partial charge >= 0.3 is 6.36 Å². The van der Waals surface area contributed by atoms with Crippen molar-refractivity contribution in [1.82, 2.24) is 9.88 Å². The van der Waals surface area contributed by atoms with Crippen molar-refractivity contribution < 1.29 is 42.1 Å². The minimum absolute atomic E-state index is 0.0366. The summed E-state index contributed by atoms with van der Waals surface area (Å²) in [5, 5.41) is 11.5. The maximum Gasteiger partial charge on any atom is 0.573 e. The van der Waals surface area contributed by atoms with Crippen molar-refractivity contribution >= 4 is 17.4 Å². The van der Waals surface area contributed by atoms with Gasteiger partial charge in [-0.05, 0) is 48.2 Å². The van der Waals surface area contributed by atoms with E-state index in [2.05, 4.69) is 9.72 Å². The Hall–Kier alpha value is -4.38. The highest BCUT2D eigenvalue weighted by Crippen LogP contribution is 2.43. The first kappa shape index (κ1) is 27.2. The van der Waals surface area contributed by atoms with Crippen molar-refractivity contribution in [1.29, 1.82) is 0 Å². The third-order valence-electron chi connectivity index (χ3n) is 6.73. The molecule has 3 heterocycles. The van der Waals surface area contributed by atoms with E-state index >= 15 is 0 Å². The predicted molar refractivity (Wildman–Crippen MR) is 136 cm³/mol. The van der Waals surface area contributed by atoms with Gasteiger partial charge in [0.05, 0.1) is 11.6 Å². The molecule has 2 aliphatic rings. The summed E-state index contributed by atoms with van der Waals surface area (Å²) in [6.45, 7) is 0.903. The lowest BCUT2D eigenvalue weighted by Gasteiger charge is -2.35. The highest BCUT2D eigenvalue weighted by molar-refractivity contribution is 6.46. The van der Waals surface area contributed by atoms with Crippen LogP contribution in [0.25, 0.3) is 5.76 Å². The highest BCUT2D eigenvalue weighted by atomic mass is 19.4. The number of halogens is 3. The molecule has 40 heavy (non-hydrogen) atoms. The molecule has 2 aliphatic heterocycles. The average molecular weight is 555 g/mol. The summed E-state index contributed by atoms with van der Waals surface area (Å²) in [6, 6.07) is 15.9. The molecule has 1 N–H and O–H groups in total. The van der Waals surface area contributed by atoms with Crippen LogP contribution in [0.5, 0.6) is 11.5 Å². The minimum atomic E-state index is -4.88. The van der Waals surface area contributed by atoms with Gasteiger partial charge in [0.1, 0.15) is 23.8 Å². The Bertz CT molecular complexity index is 1400. The fourth-order valence-electron chi connectivity index (χ4n) is 4.92. The number of hydrogen-bond donors (Lipinski definition) is 1. The number of nitrogens with zero attached hydrogens (tertiary/aromatic N) is 2. The van der Waals surface area contributed by atoms with E-state index in [1.165, 1.54) is 23.2 Å². The molecule has 3 aromatic rings. The number of aliphatic hydroxyl groups is 1. The van der Waals surface area contributed by atoms with Gasteiger partial charge in [-0.25, -0.2) is 4.98 Å². The number of amides is 1. The first-order valence-corrected chi connectivity index (χ1v) is 12.6. The second kappa shape index (κ2) is 11.4. The van der Waals surface area contributed by atoms with Crippen molar-refractivity contribution in [2.45, 2.75) is 37.9 Å². The Labute approximate surface area is 227 Å². The summed E-state index contributed by atoms with van der Waals surface area (Å²) >= 11 is 0. The van der Waals surface area contributed by atoms with Crippen molar-refractivity contribution in [2.24, 2.45) is 0 Å². The first-order chi connectivity index (χ1) is 19.2. The zero-order valence-electron chi connectivity index (χ0n) is 21.1. The molecule has 1 atom stereocenters. The molecule has 2 aromatic carbocycles. The number of benzene rings is 2. The molecule has 5 rings (SSSR count). The van der Waals surface area contributed by atoms with Crippen molar-refractivity contribution in [2.75, 3.05) is 13.2 Å². The van der Waals surface area contributed by atoms with Crippen molar-refractivity contribution in [3.05, 3.63) is 95.3 Å². The lowest BCUT2D eigenvalue weighted by atomic mass is 9.94. The third-order valence-corrected chi connectivity index (χ3v) is 6.73. The molecule has 0 radical (unpaired) electrons. The number of aromatic nitrogens is 1. The monoisotopic (exact) mass is 554 g/mol. The van der Waals surface area contributed by atoms with Gasteiger partial charge in [-0.1, -0.05) is 42.5 Å². The van der Waals surface area contributed by atoms with E-state index in [-0.39, 0.29) is 29.7 Å². The lowest BCUT2D eigenvalue weighted by Crippen LogP contribution is -2.42. The molecule has 1 aromatic heterocycles. The SMILES string of the molecule is O=C1C(=O)N(C2CCOCC2)C(c2ccc(OC(F)(F)F)cc2)C1=C(O)c1ncccc1OCc1ccccc1. The quantitative estimate of drug-likeness (QED) is 0.245. The molecule has 11 heteroatoms. The van der Waals surface area contributed by atoms with E-state index < -0.39 is 35.6 Å². The Kier molecular flexibility index (Phi) is 7.74. The van der Waals surface area contributed by atoms with Gasteiger partial charge in [-0.15, -0.1) is 13.2 Å². The molecule has 208 valence electrons. The number of rotatable bonds is 7. The van der Waals surface area contributed by atoms with Gasteiger partial charge in [-0.3, -0.25) is 9.59 Å². The van der Waals surface area contributed by atoms with Crippen LogP contribution in [0.4, 0.5) is 13.2 Å². The summed E-state index contributed by atoms with van der Waals surface area (Å²) in [7, 11) is 0. The molecule has 2 saturated heterocycles. The van der Waals surface area contributed by atoms with Crippen LogP contribution in [0.2, 0.25) is 0 Å². The topological polar surface area (TPSA) is 98.2 Å². The van der Waals surface area contributed by atoms with E-state index in [9.17, 15) is 27.9 Å². The van der Waals surface area contributed by atoms with E-state index in [0.29, 0.717) is 31.6 Å². The zero-order valence-corrected chi connectivity index (χ0v) is 21.1. The molecular weight excluding hydrogens is 529 g/mol. The van der Waals surface area contributed by atoms with Gasteiger partial charge in [0.2, 0.25) is 0 Å². The smallest absolute Gasteiger partial charge is 0.505 e. The molecule has 0 saturated carbocycles. The van der Waals surface area contributed by atoms with Gasteiger partial charge in [0.15, 0.2) is 5.76 Å². The van der Waals surface area contributed by atoms with Crippen LogP contribution in [0.3, 0.4) is 0 Å². The van der Waals surface area contributed by atoms with E-state index in [1.54, 1.807) is 12.1 Å². The Morgan fingerprint density at radius 1 is 1.00 bits per heavy atom. The zero-order chi connectivity index (χ0) is 28.3. The molecule has 1 unspecified atom stereocenters. The summed E-state index contributed by atoms with van der Waals surface area (Å²) < 4.78 is 53.5. The number of Topliss-reactive ketones (excluding diaryl/α,β-unsaturated/α-hetero) is 1. The third kappa shape index (κ3) is 5.79. The van der Waals surface area contributed by atoms with Crippen LogP contribution in [-0.4, -0.2) is 52.3 Å². The van der Waals surface area contributed by atoms with Gasteiger partial charge < -0.3 is 24.2 Å². The largest absolute Gasteiger partial charge is 0.573 e. The summed E-state index contributed by atoms with van der Waals surface area (Å²) in [5.41, 5.74) is 0.917. The maximum absolute atomic E-state index is 13.4. The van der Waals surface area contributed by atoms with Crippen LogP contribution >= 0.6 is 0 Å². The number of carbonyl (C=O) groups excluding carboxylic acids is 2. The Balaban J connectivity index is 1.56. The first-order valence-electron chi connectivity index (χ1n) is 12.6. The number of likely N-dealkylation sites (tertiary alicyclic amines) is 1. The van der Waals surface area contributed by atoms with Crippen molar-refractivity contribution in [3.63, 3.8) is 0 Å². The number of alkyl halides is 3. The summed E-state index contributed by atoms with van der Waals surface area (Å²) in [4.78, 5) is 32.4. The Morgan fingerprint density at radius 2 is 1.70 bits per heavy atom. The minimum Gasteiger partial charge on any atom is -0.505 e. The molecule has 1 amide bonds. The van der Waals surface area contributed by atoms with E-state index in [1.807, 2.05) is 30.3 Å². The normalized spacial score (nSPS) is 19.6. The number of pyridine rings is 1. The standard InChI is InChI=1S/C29H25F3N2O6/c30-29(31,32)40-21-10-8-19(9-11-21)25-23(27(36)28(37)34(25)20-12-15-38-16-13-20)26(35)24-22(7-4-14-33-24)39-17-18-5-2-1-3-6-18/h1-11,14,20,25,35H,12-13,15-17H2. The van der Waals surface area contributed by atoms with Crippen LogP contribution in [0, 0.1) is 0 Å². The van der Waals surface area contributed by atoms with E-state index in [0.717, 1.165) is 17.7 Å². The molecule has 0 aliphatic carbocycles. The van der Waals surface area contributed by atoms with Crippen molar-refractivity contribution in [3.8, 4) is 11.5 Å². The van der Waals surface area contributed by atoms with Crippen LogP contribution in [-0.2, 0) is 20.9 Å². The molecule has 0 bridgehead atoms. The Morgan fingerprint density at radius 3 is 2.38 bits per heavy atom.